The highest BCUT2D eigenvalue weighted by atomic mass is 79.9. The first-order valence-corrected chi connectivity index (χ1v) is 10.9. The number of nitrogens with one attached hydrogen (secondary N) is 1. The maximum absolute atomic E-state index is 13.0. The van der Waals surface area contributed by atoms with E-state index < -0.39 is 5.91 Å². The van der Waals surface area contributed by atoms with Crippen molar-refractivity contribution in [3.05, 3.63) is 86.5 Å². The molecule has 0 radical (unpaired) electrons. The summed E-state index contributed by atoms with van der Waals surface area (Å²) >= 11 is 9.51. The van der Waals surface area contributed by atoms with E-state index in [9.17, 15) is 9.59 Å². The highest BCUT2D eigenvalue weighted by Crippen LogP contribution is 2.29. The van der Waals surface area contributed by atoms with Crippen LogP contribution < -0.4 is 10.1 Å². The Morgan fingerprint density at radius 2 is 1.81 bits per heavy atom. The zero-order valence-electron chi connectivity index (χ0n) is 17.8. The maximum atomic E-state index is 13.0. The van der Waals surface area contributed by atoms with Crippen LogP contribution in [0.5, 0.6) is 5.75 Å². The third kappa shape index (κ3) is 5.60. The fourth-order valence-electron chi connectivity index (χ4n) is 3.10. The number of carbonyl (C=O) groups excluding carboxylic acids is 2. The average Bonchev–Trinajstić information content (AvgIpc) is 2.80. The molecule has 0 spiro atoms. The van der Waals surface area contributed by atoms with Crippen LogP contribution in [0.4, 0.5) is 5.82 Å². The van der Waals surface area contributed by atoms with Gasteiger partial charge in [-0.3, -0.25) is 14.6 Å². The lowest BCUT2D eigenvalue weighted by molar-refractivity contribution is 0.0991. The molecule has 1 aromatic heterocycles. The summed E-state index contributed by atoms with van der Waals surface area (Å²) in [6.45, 7) is 1.90. The number of Topliss-reactive ketones (excluding diaryl/α,β-unsaturated/α-hetero) is 1. The summed E-state index contributed by atoms with van der Waals surface area (Å²) in [5.74, 6) is 0.149. The molecule has 0 aliphatic rings. The zero-order valence-corrected chi connectivity index (χ0v) is 20.1. The fourth-order valence-corrected chi connectivity index (χ4v) is 3.54. The first kappa shape index (κ1) is 23.6. The second-order valence-electron chi connectivity index (χ2n) is 6.94. The molecule has 164 valence electrons. The molecule has 6 nitrogen and oxygen atoms in total. The number of hydrogen-bond acceptors (Lipinski definition) is 5. The van der Waals surface area contributed by atoms with Gasteiger partial charge in [-0.1, -0.05) is 35.9 Å². The van der Waals surface area contributed by atoms with Gasteiger partial charge in [-0.2, -0.15) is 0 Å². The molecule has 0 bridgehead atoms. The molecular weight excluding hydrogens is 494 g/mol. The Balaban J connectivity index is 1.91. The van der Waals surface area contributed by atoms with Crippen molar-refractivity contribution in [1.29, 1.82) is 0 Å². The number of amides is 1. The average molecular weight is 515 g/mol. The molecule has 0 fully saturated rings. The van der Waals surface area contributed by atoms with E-state index >= 15 is 0 Å². The molecule has 0 unspecified atom stereocenters. The number of aliphatic imine (C=N–C) groups is 1. The van der Waals surface area contributed by atoms with Gasteiger partial charge in [0.1, 0.15) is 11.6 Å². The Kier molecular flexibility index (Phi) is 7.77. The summed E-state index contributed by atoms with van der Waals surface area (Å²) in [7, 11) is 3.19. The van der Waals surface area contributed by atoms with Crippen molar-refractivity contribution < 1.29 is 14.3 Å². The third-order valence-corrected chi connectivity index (χ3v) is 5.59. The number of anilines is 1. The van der Waals surface area contributed by atoms with E-state index in [0.717, 1.165) is 15.7 Å². The van der Waals surface area contributed by atoms with Crippen LogP contribution in [0.15, 0.2) is 64.2 Å². The van der Waals surface area contributed by atoms with Gasteiger partial charge in [-0.15, -0.1) is 0 Å². The molecular formula is C24H21BrClN3O3. The topological polar surface area (TPSA) is 80.6 Å². The minimum absolute atomic E-state index is 0.0307. The lowest BCUT2D eigenvalue weighted by Crippen LogP contribution is -2.17. The van der Waals surface area contributed by atoms with Gasteiger partial charge in [0.15, 0.2) is 5.78 Å². The molecule has 0 aliphatic carbocycles. The summed E-state index contributed by atoms with van der Waals surface area (Å²) < 4.78 is 6.22. The fraction of sp³-hybridized carbons (Fsp3) is 0.167. The second kappa shape index (κ2) is 10.5. The van der Waals surface area contributed by atoms with Gasteiger partial charge >= 0.3 is 0 Å². The lowest BCUT2D eigenvalue weighted by atomic mass is 9.96. The molecule has 3 rings (SSSR count). The van der Waals surface area contributed by atoms with Crippen LogP contribution in [0.2, 0.25) is 5.02 Å². The van der Waals surface area contributed by atoms with E-state index in [1.807, 2.05) is 19.1 Å². The predicted octanol–water partition coefficient (Wildman–Crippen LogP) is 5.62. The highest BCUT2D eigenvalue weighted by Gasteiger charge is 2.21. The van der Waals surface area contributed by atoms with Crippen LogP contribution in [-0.4, -0.2) is 36.5 Å². The number of aromatic nitrogens is 1. The van der Waals surface area contributed by atoms with Crippen molar-refractivity contribution in [2.45, 2.75) is 13.3 Å². The molecule has 1 amide bonds. The van der Waals surface area contributed by atoms with Gasteiger partial charge < -0.3 is 10.1 Å². The number of ether oxygens (including phenoxy) is 1. The molecule has 1 N–H and O–H groups in total. The predicted molar refractivity (Wildman–Crippen MR) is 131 cm³/mol. The minimum atomic E-state index is -0.437. The van der Waals surface area contributed by atoms with Gasteiger partial charge in [0, 0.05) is 51.6 Å². The smallest absolute Gasteiger partial charge is 0.257 e. The molecule has 0 aliphatic heterocycles. The van der Waals surface area contributed by atoms with Crippen molar-refractivity contribution in [2.75, 3.05) is 19.5 Å². The summed E-state index contributed by atoms with van der Waals surface area (Å²) in [5.41, 5.74) is 3.04. The number of halogens is 2. The quantitative estimate of drug-likeness (QED) is 0.328. The molecule has 2 aromatic carbocycles. The van der Waals surface area contributed by atoms with Gasteiger partial charge in [0.05, 0.1) is 7.11 Å². The SMILES string of the molecule is CN=C(C)c1ccc(C(=O)Cc2c(OC)cc(Cl)cc2C(=O)Nc2ccc(Br)cn2)cc1. The summed E-state index contributed by atoms with van der Waals surface area (Å²) in [6, 6.07) is 13.7. The van der Waals surface area contributed by atoms with E-state index in [1.54, 1.807) is 43.6 Å². The Bertz CT molecular complexity index is 1180. The summed E-state index contributed by atoms with van der Waals surface area (Å²) in [6.07, 6.45) is 1.55. The lowest BCUT2D eigenvalue weighted by Gasteiger charge is -2.15. The molecule has 8 heteroatoms. The Hall–Kier alpha value is -3.03. The van der Waals surface area contributed by atoms with Crippen LogP contribution in [0.1, 0.15) is 38.8 Å². The van der Waals surface area contributed by atoms with E-state index in [0.29, 0.717) is 27.7 Å². The minimum Gasteiger partial charge on any atom is -0.496 e. The van der Waals surface area contributed by atoms with Gasteiger partial charge in [0.25, 0.3) is 5.91 Å². The van der Waals surface area contributed by atoms with Gasteiger partial charge in [-0.25, -0.2) is 4.98 Å². The van der Waals surface area contributed by atoms with Crippen molar-refractivity contribution in [3.63, 3.8) is 0 Å². The standard InChI is InChI=1S/C24H21BrClN3O3/c1-14(27-2)15-4-6-16(7-5-15)21(30)12-19-20(10-18(26)11-22(19)32-3)24(31)29-23-9-8-17(25)13-28-23/h4-11,13H,12H2,1-3H3,(H,28,29,31). The molecule has 0 atom stereocenters. The van der Waals surface area contributed by atoms with Crippen LogP contribution in [-0.2, 0) is 6.42 Å². The monoisotopic (exact) mass is 513 g/mol. The Morgan fingerprint density at radius 3 is 2.41 bits per heavy atom. The zero-order chi connectivity index (χ0) is 23.3. The molecule has 1 heterocycles. The first-order chi connectivity index (χ1) is 15.3. The van der Waals surface area contributed by atoms with Crippen molar-refractivity contribution in [3.8, 4) is 5.75 Å². The Labute approximate surface area is 199 Å². The molecule has 3 aromatic rings. The van der Waals surface area contributed by atoms with Crippen molar-refractivity contribution in [1.82, 2.24) is 4.98 Å². The van der Waals surface area contributed by atoms with Crippen LogP contribution >= 0.6 is 27.5 Å². The van der Waals surface area contributed by atoms with E-state index in [4.69, 9.17) is 16.3 Å². The number of benzene rings is 2. The molecule has 0 saturated heterocycles. The van der Waals surface area contributed by atoms with Gasteiger partial charge in [-0.05, 0) is 52.7 Å². The van der Waals surface area contributed by atoms with E-state index in [2.05, 4.69) is 31.2 Å². The van der Waals surface area contributed by atoms with E-state index in [-0.39, 0.29) is 17.8 Å². The largest absolute Gasteiger partial charge is 0.496 e. The number of carbonyl (C=O) groups is 2. The van der Waals surface area contributed by atoms with Crippen molar-refractivity contribution >= 4 is 50.8 Å². The summed E-state index contributed by atoms with van der Waals surface area (Å²) in [4.78, 5) is 34.3. The molecule has 32 heavy (non-hydrogen) atoms. The highest BCUT2D eigenvalue weighted by molar-refractivity contribution is 9.10. The third-order valence-electron chi connectivity index (χ3n) is 4.90. The maximum Gasteiger partial charge on any atom is 0.257 e. The van der Waals surface area contributed by atoms with Crippen LogP contribution in [0.25, 0.3) is 0 Å². The van der Waals surface area contributed by atoms with E-state index in [1.165, 1.54) is 13.2 Å². The van der Waals surface area contributed by atoms with Crippen LogP contribution in [0, 0.1) is 0 Å². The molecule has 0 saturated carbocycles. The first-order valence-electron chi connectivity index (χ1n) is 9.68. The number of pyridine rings is 1. The normalized spacial score (nSPS) is 11.2. The van der Waals surface area contributed by atoms with Gasteiger partial charge in [0.2, 0.25) is 0 Å². The number of methoxy groups -OCH3 is 1. The number of rotatable bonds is 7. The number of hydrogen-bond donors (Lipinski definition) is 1. The summed E-state index contributed by atoms with van der Waals surface area (Å²) in [5, 5.41) is 3.06. The Morgan fingerprint density at radius 1 is 1.12 bits per heavy atom. The second-order valence-corrected chi connectivity index (χ2v) is 8.29. The number of ketones is 1. The number of nitrogens with zero attached hydrogens (tertiary/aromatic N) is 2. The van der Waals surface area contributed by atoms with Crippen LogP contribution in [0.3, 0.4) is 0 Å². The van der Waals surface area contributed by atoms with Crippen molar-refractivity contribution in [2.24, 2.45) is 4.99 Å².